The minimum atomic E-state index is -0.257. The maximum atomic E-state index is 5.97. The molecule has 0 bridgehead atoms. The summed E-state index contributed by atoms with van der Waals surface area (Å²) in [5.41, 5.74) is -0.0832. The zero-order valence-corrected chi connectivity index (χ0v) is 33.5. The van der Waals surface area contributed by atoms with Crippen molar-refractivity contribution in [3.05, 3.63) is 0 Å². The lowest BCUT2D eigenvalue weighted by molar-refractivity contribution is 0.454. The molecule has 0 spiro atoms. The van der Waals surface area contributed by atoms with Crippen LogP contribution in [0, 0.1) is 5.41 Å². The summed E-state index contributed by atoms with van der Waals surface area (Å²) in [6, 6.07) is 0. The van der Waals surface area contributed by atoms with E-state index in [9.17, 15) is 0 Å². The van der Waals surface area contributed by atoms with E-state index in [1.807, 2.05) is 43.2 Å². The average molecular weight is 781 g/mol. The van der Waals surface area contributed by atoms with Gasteiger partial charge in [0.2, 0.25) is 0 Å². The van der Waals surface area contributed by atoms with Gasteiger partial charge in [0.05, 0.1) is 0 Å². The van der Waals surface area contributed by atoms with Crippen LogP contribution >= 0.6 is 135 Å². The second kappa shape index (κ2) is 18.1. The Bertz CT molecular complexity index is 831. The molecule has 0 radical (unpaired) electrons. The molecule has 0 aromatic carbocycles. The molecule has 4 heterocycles. The van der Waals surface area contributed by atoms with Crippen LogP contribution in [-0.2, 0) is 0 Å². The van der Waals surface area contributed by atoms with E-state index in [-0.39, 0.29) is 8.83 Å². The number of hydrogen-bond donors (Lipinski definition) is 0. The van der Waals surface area contributed by atoms with Gasteiger partial charge in [0, 0.05) is 63.5 Å². The second-order valence-corrected chi connectivity index (χ2v) is 23.8. The molecular formula is C25H40N4S12. The largest absolute Gasteiger partial charge is 0.357 e. The van der Waals surface area contributed by atoms with Gasteiger partial charge in [-0.1, -0.05) is 106 Å². The minimum absolute atomic E-state index is 0.0832. The Kier molecular flexibility index (Phi) is 15.9. The van der Waals surface area contributed by atoms with Crippen LogP contribution in [-0.4, -0.2) is 98.4 Å². The van der Waals surface area contributed by atoms with Gasteiger partial charge in [0.1, 0.15) is 20.7 Å². The summed E-state index contributed by atoms with van der Waals surface area (Å²) in [6.45, 7) is 13.5. The lowest BCUT2D eigenvalue weighted by atomic mass is 9.99. The Labute approximate surface area is 301 Å². The average Bonchev–Trinajstić information content (AvgIpc) is 3.80. The Morgan fingerprint density at radius 1 is 0.488 bits per heavy atom. The van der Waals surface area contributed by atoms with E-state index < -0.39 is 0 Å². The summed E-state index contributed by atoms with van der Waals surface area (Å²) in [4.78, 5) is 9.50. The quantitative estimate of drug-likeness (QED) is 0.119. The van der Waals surface area contributed by atoms with E-state index in [4.69, 9.17) is 48.9 Å². The van der Waals surface area contributed by atoms with Gasteiger partial charge < -0.3 is 19.6 Å². The topological polar surface area (TPSA) is 13.0 Å². The van der Waals surface area contributed by atoms with Crippen LogP contribution in [0.1, 0.15) is 65.2 Å². The molecule has 0 aliphatic carbocycles. The van der Waals surface area contributed by atoms with Crippen molar-refractivity contribution < 1.29 is 0 Å². The molecule has 0 aromatic rings. The first-order chi connectivity index (χ1) is 19.7. The smallest absolute Gasteiger partial charge is 0.147 e. The monoisotopic (exact) mass is 780 g/mol. The van der Waals surface area contributed by atoms with Crippen LogP contribution in [0.5, 0.6) is 0 Å². The molecule has 4 saturated heterocycles. The van der Waals surface area contributed by atoms with Crippen molar-refractivity contribution >= 4 is 153 Å². The third kappa shape index (κ3) is 10.7. The summed E-state index contributed by atoms with van der Waals surface area (Å²) in [6.07, 6.45) is 9.89. The van der Waals surface area contributed by atoms with Gasteiger partial charge in [0.25, 0.3) is 0 Å². The molecule has 41 heavy (non-hydrogen) atoms. The number of rotatable bonds is 10. The van der Waals surface area contributed by atoms with Crippen LogP contribution in [0.25, 0.3) is 0 Å². The first kappa shape index (κ1) is 36.2. The Hall–Kier alpha value is 2.36. The summed E-state index contributed by atoms with van der Waals surface area (Å²) in [5.74, 6) is 0.962. The number of hydrogen-bond acceptors (Lipinski definition) is 12. The Balaban J connectivity index is 1.50. The van der Waals surface area contributed by atoms with Gasteiger partial charge in [0.15, 0.2) is 0 Å². The van der Waals surface area contributed by atoms with Gasteiger partial charge in [-0.05, 0) is 94.5 Å². The first-order valence-electron chi connectivity index (χ1n) is 14.2. The van der Waals surface area contributed by atoms with Gasteiger partial charge >= 0.3 is 0 Å². The SMILES string of the molecule is CC(C)(CSSC(=S)N1CCCC1)C(SSC(=S)N1CCCC1)(SSC(=S)N1CCCC1)SSC(=S)N1CCCC1. The fourth-order valence-electron chi connectivity index (χ4n) is 4.78. The lowest BCUT2D eigenvalue weighted by Crippen LogP contribution is -2.38. The first-order valence-corrected chi connectivity index (χ1v) is 24.6. The molecule has 0 saturated carbocycles. The molecule has 0 aromatic heterocycles. The van der Waals surface area contributed by atoms with Crippen molar-refractivity contribution in [3.63, 3.8) is 0 Å². The zero-order chi connectivity index (χ0) is 29.3. The Morgan fingerprint density at radius 2 is 0.756 bits per heavy atom. The van der Waals surface area contributed by atoms with Crippen molar-refractivity contribution in [2.75, 3.05) is 58.1 Å². The molecule has 0 amide bonds. The van der Waals surface area contributed by atoms with Crippen LogP contribution in [0.15, 0.2) is 0 Å². The van der Waals surface area contributed by atoms with Crippen molar-refractivity contribution in [1.82, 2.24) is 19.6 Å². The third-order valence-corrected chi connectivity index (χ3v) is 24.9. The standard InChI is InChI=1S/C25H40N4S12/c1-24(2,19-34-35-20(30)26-11-3-4-12-26)25(39-36-21(31)27-13-5-6-14-27,40-37-22(32)28-15-7-8-16-28)41-38-23(33)29-17-9-10-18-29/h3-19H2,1-2H3. The predicted molar refractivity (Wildman–Crippen MR) is 216 cm³/mol. The molecule has 4 fully saturated rings. The molecule has 4 aliphatic rings. The maximum Gasteiger partial charge on any atom is 0.147 e. The lowest BCUT2D eigenvalue weighted by Gasteiger charge is -2.44. The summed E-state index contributed by atoms with van der Waals surface area (Å²) >= 11 is 23.7. The van der Waals surface area contributed by atoms with E-state index in [0.717, 1.165) is 75.4 Å². The predicted octanol–water partition coefficient (Wildman–Crippen LogP) is 9.71. The van der Waals surface area contributed by atoms with E-state index in [1.165, 1.54) is 51.4 Å². The van der Waals surface area contributed by atoms with Gasteiger partial charge in [-0.3, -0.25) is 0 Å². The summed E-state index contributed by atoms with van der Waals surface area (Å²) in [5, 5.41) is 0. The second-order valence-electron chi connectivity index (χ2n) is 11.1. The number of nitrogens with zero attached hydrogens (tertiary/aromatic N) is 4. The highest BCUT2D eigenvalue weighted by Gasteiger charge is 2.50. The van der Waals surface area contributed by atoms with Crippen LogP contribution in [0.2, 0.25) is 0 Å². The highest BCUT2D eigenvalue weighted by molar-refractivity contribution is 8.99. The van der Waals surface area contributed by atoms with Crippen molar-refractivity contribution in [2.45, 2.75) is 68.6 Å². The fourth-order valence-corrected chi connectivity index (χ4v) is 21.8. The zero-order valence-electron chi connectivity index (χ0n) is 23.7. The van der Waals surface area contributed by atoms with Gasteiger partial charge in [-0.15, -0.1) is 0 Å². The number of thiocarbonyl (C=S) groups is 4. The third-order valence-electron chi connectivity index (χ3n) is 7.50. The normalized spacial score (nSPS) is 20.0. The summed E-state index contributed by atoms with van der Waals surface area (Å²) in [7, 11) is 14.8. The maximum absolute atomic E-state index is 5.97. The molecule has 0 N–H and O–H groups in total. The van der Waals surface area contributed by atoms with E-state index in [2.05, 4.69) is 33.4 Å². The van der Waals surface area contributed by atoms with Gasteiger partial charge in [-0.2, -0.15) is 0 Å². The van der Waals surface area contributed by atoms with E-state index in [1.54, 1.807) is 43.2 Å². The molecule has 232 valence electrons. The molecule has 4 rings (SSSR count). The van der Waals surface area contributed by atoms with E-state index >= 15 is 0 Å². The molecular weight excluding hydrogens is 741 g/mol. The van der Waals surface area contributed by atoms with Crippen LogP contribution < -0.4 is 0 Å². The van der Waals surface area contributed by atoms with E-state index in [0.29, 0.717) is 0 Å². The molecule has 4 nitrogen and oxygen atoms in total. The molecule has 0 atom stereocenters. The fraction of sp³-hybridized carbons (Fsp3) is 0.840. The minimum Gasteiger partial charge on any atom is -0.357 e. The number of likely N-dealkylation sites (tertiary alicyclic amines) is 4. The van der Waals surface area contributed by atoms with Crippen molar-refractivity contribution in [2.24, 2.45) is 5.41 Å². The van der Waals surface area contributed by atoms with Crippen LogP contribution in [0.4, 0.5) is 0 Å². The highest BCUT2D eigenvalue weighted by atomic mass is 33.2. The molecule has 4 aliphatic heterocycles. The highest BCUT2D eigenvalue weighted by Crippen LogP contribution is 2.68. The molecule has 0 unspecified atom stereocenters. The molecule has 16 heteroatoms. The van der Waals surface area contributed by atoms with Crippen molar-refractivity contribution in [1.29, 1.82) is 0 Å². The summed E-state index contributed by atoms with van der Waals surface area (Å²) < 4.78 is 3.79. The van der Waals surface area contributed by atoms with Gasteiger partial charge in [-0.25, -0.2) is 0 Å². The Morgan fingerprint density at radius 3 is 1.05 bits per heavy atom. The van der Waals surface area contributed by atoms with Crippen molar-refractivity contribution in [3.8, 4) is 0 Å². The van der Waals surface area contributed by atoms with Crippen LogP contribution in [0.3, 0.4) is 0 Å².